The molecule has 0 heterocycles. The predicted octanol–water partition coefficient (Wildman–Crippen LogP) is 11.6. The van der Waals surface area contributed by atoms with Crippen molar-refractivity contribution in [1.29, 1.82) is 0 Å². The molecule has 8 rings (SSSR count). The second kappa shape index (κ2) is 22.3. The summed E-state index contributed by atoms with van der Waals surface area (Å²) >= 11 is 0. The molecular weight excluding hydrogens is 789 g/mol. The zero-order valence-electron chi connectivity index (χ0n) is 35.8. The largest absolute Gasteiger partial charge is 0.492 e. The van der Waals surface area contributed by atoms with Crippen molar-refractivity contribution in [3.8, 4) is 11.5 Å². The van der Waals surface area contributed by atoms with Gasteiger partial charge in [0.2, 0.25) is 0 Å². The van der Waals surface area contributed by atoms with E-state index in [0.29, 0.717) is 26.3 Å². The van der Waals surface area contributed by atoms with E-state index in [1.165, 1.54) is 0 Å². The smallest absolute Gasteiger partial charge is 0.119 e. The van der Waals surface area contributed by atoms with Crippen LogP contribution in [0, 0.1) is 0 Å². The maximum absolute atomic E-state index is 11.4. The highest BCUT2D eigenvalue weighted by atomic mass is 16.5. The normalized spacial score (nSPS) is 13.0. The third-order valence-electron chi connectivity index (χ3n) is 11.4. The molecule has 0 spiro atoms. The fourth-order valence-corrected chi connectivity index (χ4v) is 8.15. The standard InChI is InChI=1S/C58H54N2O4/c61-57(49-27-15-5-16-28-49)55(47-23-11-3-12-24-47)59-39-41-63-51-35-31-45(32-36-51)54(53(43-19-7-1-8-20-43)44-21-9-2-10-22-44)46-33-37-52(38-34-46)64-42-40-60-56(48-25-13-4-14-26-48)58(62)50-29-17-6-18-30-50/h1-38,55-62H,39-42H2/t55-,56-,57+,58+/m0/s1. The van der Waals surface area contributed by atoms with Crippen molar-refractivity contribution in [2.45, 2.75) is 24.3 Å². The van der Waals surface area contributed by atoms with E-state index in [9.17, 15) is 10.2 Å². The highest BCUT2D eigenvalue weighted by Crippen LogP contribution is 2.38. The molecule has 320 valence electrons. The van der Waals surface area contributed by atoms with Crippen molar-refractivity contribution in [1.82, 2.24) is 10.6 Å². The van der Waals surface area contributed by atoms with Crippen LogP contribution in [0.2, 0.25) is 0 Å². The average molecular weight is 843 g/mol. The molecule has 8 aromatic rings. The highest BCUT2D eigenvalue weighted by Gasteiger charge is 2.24. The van der Waals surface area contributed by atoms with Crippen molar-refractivity contribution in [2.75, 3.05) is 26.3 Å². The van der Waals surface area contributed by atoms with Gasteiger partial charge < -0.3 is 30.3 Å². The molecule has 0 aliphatic heterocycles. The Bertz CT molecular complexity index is 2430. The quantitative estimate of drug-likeness (QED) is 0.0452. The molecule has 0 aromatic heterocycles. The van der Waals surface area contributed by atoms with E-state index in [1.807, 2.05) is 158 Å². The number of aliphatic hydroxyl groups excluding tert-OH is 2. The number of benzene rings is 8. The number of hydrogen-bond donors (Lipinski definition) is 4. The van der Waals surface area contributed by atoms with Gasteiger partial charge in [-0.25, -0.2) is 0 Å². The van der Waals surface area contributed by atoms with Crippen LogP contribution in [-0.4, -0.2) is 36.5 Å². The van der Waals surface area contributed by atoms with Crippen molar-refractivity contribution in [2.24, 2.45) is 0 Å². The van der Waals surface area contributed by atoms with Crippen molar-refractivity contribution < 1.29 is 19.7 Å². The first-order chi connectivity index (χ1) is 31.6. The Hall–Kier alpha value is -7.06. The summed E-state index contributed by atoms with van der Waals surface area (Å²) in [6, 6.07) is 76.7. The minimum Gasteiger partial charge on any atom is -0.492 e. The average Bonchev–Trinajstić information content (AvgIpc) is 3.37. The van der Waals surface area contributed by atoms with Gasteiger partial charge in [-0.2, -0.15) is 0 Å². The van der Waals surface area contributed by atoms with Crippen molar-refractivity contribution in [3.63, 3.8) is 0 Å². The van der Waals surface area contributed by atoms with E-state index < -0.39 is 12.2 Å². The molecule has 6 heteroatoms. The minimum atomic E-state index is -0.716. The molecule has 0 aliphatic carbocycles. The Kier molecular flexibility index (Phi) is 15.2. The van der Waals surface area contributed by atoms with Gasteiger partial charge in [-0.05, 0) is 79.9 Å². The minimum absolute atomic E-state index is 0.295. The fourth-order valence-electron chi connectivity index (χ4n) is 8.15. The van der Waals surface area contributed by atoms with Crippen LogP contribution in [0.3, 0.4) is 0 Å². The van der Waals surface area contributed by atoms with Gasteiger partial charge in [0.05, 0.1) is 24.3 Å². The predicted molar refractivity (Wildman–Crippen MR) is 259 cm³/mol. The fraction of sp³-hybridized carbons (Fsp3) is 0.138. The molecule has 0 amide bonds. The first-order valence-electron chi connectivity index (χ1n) is 22.0. The van der Waals surface area contributed by atoms with Crippen LogP contribution in [0.15, 0.2) is 231 Å². The zero-order valence-corrected chi connectivity index (χ0v) is 35.8. The maximum atomic E-state index is 11.4. The molecule has 0 fully saturated rings. The van der Waals surface area contributed by atoms with E-state index >= 15 is 0 Å². The first-order valence-corrected chi connectivity index (χ1v) is 22.0. The van der Waals surface area contributed by atoms with Crippen LogP contribution < -0.4 is 20.1 Å². The zero-order chi connectivity index (χ0) is 43.8. The summed E-state index contributed by atoms with van der Waals surface area (Å²) in [7, 11) is 0. The van der Waals surface area contributed by atoms with E-state index in [0.717, 1.165) is 67.2 Å². The van der Waals surface area contributed by atoms with E-state index in [1.54, 1.807) is 0 Å². The topological polar surface area (TPSA) is 83.0 Å². The maximum Gasteiger partial charge on any atom is 0.119 e. The number of hydrogen-bond acceptors (Lipinski definition) is 6. The van der Waals surface area contributed by atoms with Gasteiger partial charge in [-0.1, -0.05) is 206 Å². The Balaban J connectivity index is 0.989. The lowest BCUT2D eigenvalue weighted by Gasteiger charge is -2.25. The summed E-state index contributed by atoms with van der Waals surface area (Å²) in [6.45, 7) is 1.92. The van der Waals surface area contributed by atoms with Gasteiger partial charge in [0.25, 0.3) is 0 Å². The third-order valence-corrected chi connectivity index (χ3v) is 11.4. The molecule has 0 saturated carbocycles. The molecular formula is C58H54N2O4. The second-order valence-electron chi connectivity index (χ2n) is 15.6. The van der Waals surface area contributed by atoms with Crippen LogP contribution >= 0.6 is 0 Å². The van der Waals surface area contributed by atoms with Crippen LogP contribution in [-0.2, 0) is 0 Å². The lowest BCUT2D eigenvalue weighted by Crippen LogP contribution is -2.30. The molecule has 4 N–H and O–H groups in total. The van der Waals surface area contributed by atoms with Gasteiger partial charge in [0.15, 0.2) is 0 Å². The Morgan fingerprint density at radius 1 is 0.328 bits per heavy atom. The Morgan fingerprint density at radius 3 is 0.906 bits per heavy atom. The number of nitrogens with one attached hydrogen (secondary N) is 2. The molecule has 4 atom stereocenters. The molecule has 0 unspecified atom stereocenters. The lowest BCUT2D eigenvalue weighted by atomic mass is 9.86. The highest BCUT2D eigenvalue weighted by molar-refractivity contribution is 6.04. The molecule has 6 nitrogen and oxygen atoms in total. The summed E-state index contributed by atoms with van der Waals surface area (Å²) in [4.78, 5) is 0. The van der Waals surface area contributed by atoms with Gasteiger partial charge in [0.1, 0.15) is 24.7 Å². The SMILES string of the molecule is O[C@H](c1ccccc1)[C@@H](NCCOc1ccc(C(=C(c2ccccc2)c2ccccc2)c2ccc(OCCN[C@@H](c3ccccc3)[C@H](O)c3ccccc3)cc2)cc1)c1ccccc1. The first kappa shape index (κ1) is 43.6. The molecule has 64 heavy (non-hydrogen) atoms. The molecule has 0 radical (unpaired) electrons. The van der Waals surface area contributed by atoms with E-state index in [2.05, 4.69) is 83.4 Å². The summed E-state index contributed by atoms with van der Waals surface area (Å²) in [5.74, 6) is 1.52. The van der Waals surface area contributed by atoms with E-state index in [-0.39, 0.29) is 12.1 Å². The number of rotatable bonds is 20. The van der Waals surface area contributed by atoms with Crippen LogP contribution in [0.4, 0.5) is 0 Å². The summed E-state index contributed by atoms with van der Waals surface area (Å²) < 4.78 is 12.6. The number of aliphatic hydroxyl groups is 2. The van der Waals surface area contributed by atoms with Crippen molar-refractivity contribution >= 4 is 11.1 Å². The lowest BCUT2D eigenvalue weighted by molar-refractivity contribution is 0.125. The Morgan fingerprint density at radius 2 is 0.594 bits per heavy atom. The second-order valence-corrected chi connectivity index (χ2v) is 15.6. The van der Waals surface area contributed by atoms with Gasteiger partial charge in [-0.3, -0.25) is 0 Å². The van der Waals surface area contributed by atoms with Crippen molar-refractivity contribution in [3.05, 3.63) is 275 Å². The summed E-state index contributed by atoms with van der Waals surface area (Å²) in [5, 5.41) is 29.8. The molecule has 0 saturated heterocycles. The summed E-state index contributed by atoms with van der Waals surface area (Å²) in [6.07, 6.45) is -1.43. The summed E-state index contributed by atoms with van der Waals surface area (Å²) in [5.41, 5.74) is 10.3. The van der Waals surface area contributed by atoms with Gasteiger partial charge in [-0.15, -0.1) is 0 Å². The number of ether oxygens (including phenoxy) is 2. The van der Waals surface area contributed by atoms with Crippen LogP contribution in [0.5, 0.6) is 11.5 Å². The van der Waals surface area contributed by atoms with E-state index in [4.69, 9.17) is 9.47 Å². The van der Waals surface area contributed by atoms with Crippen LogP contribution in [0.1, 0.15) is 68.8 Å². The van der Waals surface area contributed by atoms with Gasteiger partial charge >= 0.3 is 0 Å². The molecule has 8 aromatic carbocycles. The monoisotopic (exact) mass is 842 g/mol. The third kappa shape index (κ3) is 11.3. The molecule has 0 aliphatic rings. The van der Waals surface area contributed by atoms with Crippen LogP contribution in [0.25, 0.3) is 11.1 Å². The van der Waals surface area contributed by atoms with Gasteiger partial charge in [0, 0.05) is 13.1 Å². The molecule has 0 bridgehead atoms. The Labute approximate surface area is 377 Å².